The maximum atomic E-state index is 12.9. The first-order chi connectivity index (χ1) is 16.1. The van der Waals surface area contributed by atoms with Crippen molar-refractivity contribution in [2.75, 3.05) is 38.4 Å². The molecular weight excluding hydrogens is 436 g/mol. The molecule has 1 fully saturated rings. The monoisotopic (exact) mass is 466 g/mol. The van der Waals surface area contributed by atoms with E-state index >= 15 is 0 Å². The number of piperidine rings is 1. The number of likely N-dealkylation sites (tertiary alicyclic amines) is 1. The van der Waals surface area contributed by atoms with Gasteiger partial charge in [-0.3, -0.25) is 4.99 Å². The summed E-state index contributed by atoms with van der Waals surface area (Å²) in [7, 11) is 3.26. The van der Waals surface area contributed by atoms with Crippen LogP contribution in [0.1, 0.15) is 31.7 Å². The van der Waals surface area contributed by atoms with Crippen LogP contribution in [0, 0.1) is 0 Å². The predicted octanol–water partition coefficient (Wildman–Crippen LogP) is 5.07. The molecule has 4 rings (SSSR count). The third-order valence-corrected chi connectivity index (χ3v) is 7.01. The number of ether oxygens (including phenoxy) is 2. The lowest BCUT2D eigenvalue weighted by Gasteiger charge is -2.35. The topological polar surface area (TPSA) is 75.5 Å². The van der Waals surface area contributed by atoms with E-state index in [0.717, 1.165) is 34.2 Å². The Morgan fingerprint density at radius 3 is 2.45 bits per heavy atom. The number of nitrogens with one attached hydrogen (secondary N) is 1. The van der Waals surface area contributed by atoms with Crippen molar-refractivity contribution < 1.29 is 14.3 Å². The van der Waals surface area contributed by atoms with E-state index in [1.165, 1.54) is 0 Å². The van der Waals surface area contributed by atoms with Crippen molar-refractivity contribution in [2.45, 2.75) is 31.8 Å². The number of hydrogen-bond acceptors (Lipinski definition) is 6. The van der Waals surface area contributed by atoms with Crippen LogP contribution in [0.2, 0.25) is 0 Å². The van der Waals surface area contributed by atoms with Crippen molar-refractivity contribution >= 4 is 34.2 Å². The molecule has 0 aromatic heterocycles. The van der Waals surface area contributed by atoms with E-state index in [1.54, 1.807) is 26.0 Å². The summed E-state index contributed by atoms with van der Waals surface area (Å²) < 4.78 is 10.6. The second-order valence-electron chi connectivity index (χ2n) is 8.05. The lowest BCUT2D eigenvalue weighted by atomic mass is 9.98. The summed E-state index contributed by atoms with van der Waals surface area (Å²) >= 11 is 1.76. The molecule has 2 heterocycles. The Bertz CT molecular complexity index is 1040. The highest BCUT2D eigenvalue weighted by molar-refractivity contribution is 8.15. The zero-order chi connectivity index (χ0) is 23.3. The van der Waals surface area contributed by atoms with Gasteiger partial charge in [-0.2, -0.15) is 0 Å². The molecule has 2 aliphatic rings. The minimum Gasteiger partial charge on any atom is -0.497 e. The van der Waals surface area contributed by atoms with Gasteiger partial charge in [-0.25, -0.2) is 9.79 Å². The van der Waals surface area contributed by atoms with Gasteiger partial charge in [0, 0.05) is 31.5 Å². The van der Waals surface area contributed by atoms with Crippen LogP contribution in [0.5, 0.6) is 11.5 Å². The van der Waals surface area contributed by atoms with Crippen LogP contribution in [0.4, 0.5) is 10.5 Å². The number of benzene rings is 2. The van der Waals surface area contributed by atoms with Gasteiger partial charge in [0.2, 0.25) is 0 Å². The predicted molar refractivity (Wildman–Crippen MR) is 135 cm³/mol. The third kappa shape index (κ3) is 5.16. The number of urea groups is 1. The number of thioether (sulfide) groups is 1. The fourth-order valence-corrected chi connectivity index (χ4v) is 4.93. The van der Waals surface area contributed by atoms with E-state index in [2.05, 4.69) is 12.2 Å². The first-order valence-electron chi connectivity index (χ1n) is 11.2. The van der Waals surface area contributed by atoms with Crippen molar-refractivity contribution in [3.63, 3.8) is 0 Å². The number of nitrogens with zero attached hydrogens (tertiary/aromatic N) is 3. The number of para-hydroxylation sites is 2. The maximum absolute atomic E-state index is 12.9. The van der Waals surface area contributed by atoms with Crippen molar-refractivity contribution in [3.05, 3.63) is 54.1 Å². The highest BCUT2D eigenvalue weighted by Gasteiger charge is 2.40. The van der Waals surface area contributed by atoms with Crippen LogP contribution >= 0.6 is 11.8 Å². The molecule has 0 atom stereocenters. The number of methoxy groups -OCH3 is 2. The molecule has 8 heteroatoms. The highest BCUT2D eigenvalue weighted by atomic mass is 32.2. The summed E-state index contributed by atoms with van der Waals surface area (Å²) in [6, 6.07) is 15.3. The molecule has 0 aliphatic carbocycles. The van der Waals surface area contributed by atoms with Gasteiger partial charge in [0.1, 0.15) is 16.5 Å². The van der Waals surface area contributed by atoms with Crippen LogP contribution in [-0.4, -0.2) is 60.4 Å². The van der Waals surface area contributed by atoms with Gasteiger partial charge in [0.05, 0.1) is 25.6 Å². The summed E-state index contributed by atoms with van der Waals surface area (Å²) in [5, 5.41) is 3.96. The van der Waals surface area contributed by atoms with Gasteiger partial charge < -0.3 is 19.7 Å². The van der Waals surface area contributed by atoms with Crippen LogP contribution in [0.25, 0.3) is 0 Å². The zero-order valence-electron chi connectivity index (χ0n) is 19.3. The molecule has 0 radical (unpaired) electrons. The summed E-state index contributed by atoms with van der Waals surface area (Å²) in [5.41, 5.74) is 2.17. The average Bonchev–Trinajstić information content (AvgIpc) is 3.21. The van der Waals surface area contributed by atoms with Crippen molar-refractivity contribution in [3.8, 4) is 11.5 Å². The van der Waals surface area contributed by atoms with E-state index < -0.39 is 5.66 Å². The van der Waals surface area contributed by atoms with Crippen LogP contribution in [0.3, 0.4) is 0 Å². The van der Waals surface area contributed by atoms with E-state index in [4.69, 9.17) is 19.5 Å². The van der Waals surface area contributed by atoms with E-state index in [1.807, 2.05) is 53.4 Å². The van der Waals surface area contributed by atoms with Crippen molar-refractivity contribution in [1.82, 2.24) is 4.90 Å². The minimum atomic E-state index is -0.493. The number of amides is 2. The number of anilines is 1. The standard InChI is InChI=1S/C25H30N4O3S/c1-4-17-33-23-22(18-9-11-19(31-2)12-10-18)27-25(28-23)13-15-29(16-14-25)24(30)26-20-7-5-6-8-21(20)32-3/h5-12H,4,13-17H2,1-3H3,(H,26,30). The Labute approximate surface area is 199 Å². The Hall–Kier alpha value is -3.00. The first kappa shape index (κ1) is 23.2. The SMILES string of the molecule is CCCSC1=NC2(CCN(C(=O)Nc3ccccc3OC)CC2)N=C1c1ccc(OC)cc1. The highest BCUT2D eigenvalue weighted by Crippen LogP contribution is 2.36. The van der Waals surface area contributed by atoms with E-state index in [9.17, 15) is 4.79 Å². The second-order valence-corrected chi connectivity index (χ2v) is 9.14. The van der Waals surface area contributed by atoms with Gasteiger partial charge in [0.25, 0.3) is 0 Å². The lowest BCUT2D eigenvalue weighted by molar-refractivity contribution is 0.175. The average molecular weight is 467 g/mol. The minimum absolute atomic E-state index is 0.128. The van der Waals surface area contributed by atoms with Crippen LogP contribution in [-0.2, 0) is 0 Å². The van der Waals surface area contributed by atoms with E-state index in [0.29, 0.717) is 37.4 Å². The Morgan fingerprint density at radius 2 is 1.79 bits per heavy atom. The Kier molecular flexibility index (Phi) is 7.23. The molecule has 1 spiro atoms. The molecule has 0 bridgehead atoms. The van der Waals surface area contributed by atoms with Crippen LogP contribution in [0.15, 0.2) is 58.5 Å². The number of carbonyl (C=O) groups excluding carboxylic acids is 1. The fourth-order valence-electron chi connectivity index (χ4n) is 3.99. The fraction of sp³-hybridized carbons (Fsp3) is 0.400. The first-order valence-corrected chi connectivity index (χ1v) is 12.2. The van der Waals surface area contributed by atoms with Gasteiger partial charge in [0.15, 0.2) is 5.66 Å². The molecular formula is C25H30N4O3S. The molecule has 2 aliphatic heterocycles. The molecule has 1 N–H and O–H groups in total. The molecule has 2 amide bonds. The normalized spacial score (nSPS) is 16.9. The summed E-state index contributed by atoms with van der Waals surface area (Å²) in [4.78, 5) is 24.9. The van der Waals surface area contributed by atoms with Gasteiger partial charge in [-0.1, -0.05) is 19.1 Å². The molecule has 0 unspecified atom stereocenters. The zero-order valence-corrected chi connectivity index (χ0v) is 20.2. The van der Waals surface area contributed by atoms with Gasteiger partial charge >= 0.3 is 6.03 Å². The van der Waals surface area contributed by atoms with Crippen molar-refractivity contribution in [2.24, 2.45) is 9.98 Å². The van der Waals surface area contributed by atoms with Gasteiger partial charge in [-0.05, 0) is 48.6 Å². The Balaban J connectivity index is 1.48. The molecule has 2 aromatic carbocycles. The number of rotatable bonds is 6. The Morgan fingerprint density at radius 1 is 1.06 bits per heavy atom. The van der Waals surface area contributed by atoms with Gasteiger partial charge in [-0.15, -0.1) is 11.8 Å². The summed E-state index contributed by atoms with van der Waals surface area (Å²) in [6.07, 6.45) is 2.47. The smallest absolute Gasteiger partial charge is 0.321 e. The molecule has 2 aromatic rings. The van der Waals surface area contributed by atoms with E-state index in [-0.39, 0.29) is 6.03 Å². The largest absolute Gasteiger partial charge is 0.497 e. The quantitative estimate of drug-likeness (QED) is 0.645. The molecule has 0 saturated carbocycles. The molecule has 174 valence electrons. The summed E-state index contributed by atoms with van der Waals surface area (Å²) in [5.74, 6) is 2.46. The second kappa shape index (κ2) is 10.3. The number of hydrogen-bond donors (Lipinski definition) is 1. The van der Waals surface area contributed by atoms with Crippen molar-refractivity contribution in [1.29, 1.82) is 0 Å². The molecule has 33 heavy (non-hydrogen) atoms. The number of carbonyl (C=O) groups is 1. The third-order valence-electron chi connectivity index (χ3n) is 5.84. The van der Waals surface area contributed by atoms with Crippen LogP contribution < -0.4 is 14.8 Å². The lowest BCUT2D eigenvalue weighted by Crippen LogP contribution is -2.46. The maximum Gasteiger partial charge on any atom is 0.321 e. The molecule has 1 saturated heterocycles. The number of aliphatic imine (C=N–C) groups is 2. The summed E-state index contributed by atoms with van der Waals surface area (Å²) in [6.45, 7) is 3.35. The molecule has 7 nitrogen and oxygen atoms in total.